The van der Waals surface area contributed by atoms with Crippen molar-refractivity contribution in [3.63, 3.8) is 0 Å². The minimum Gasteiger partial charge on any atom is -0.333 e. The van der Waals surface area contributed by atoms with Gasteiger partial charge in [-0.05, 0) is 49.6 Å². The van der Waals surface area contributed by atoms with Crippen LogP contribution in [-0.4, -0.2) is 45.1 Å². The lowest BCUT2D eigenvalue weighted by Gasteiger charge is -2.21. The number of benzene rings is 2. The van der Waals surface area contributed by atoms with Crippen LogP contribution in [0.4, 0.5) is 5.69 Å². The normalized spacial score (nSPS) is 10.7. The Morgan fingerprint density at radius 1 is 1.13 bits per heavy atom. The molecule has 2 amide bonds. The predicted octanol–water partition coefficient (Wildman–Crippen LogP) is 4.46. The summed E-state index contributed by atoms with van der Waals surface area (Å²) in [6.07, 6.45) is 4.40. The van der Waals surface area contributed by atoms with Crippen molar-refractivity contribution in [1.82, 2.24) is 14.5 Å². The van der Waals surface area contributed by atoms with Gasteiger partial charge in [-0.25, -0.2) is 4.98 Å². The molecule has 1 heterocycles. The van der Waals surface area contributed by atoms with Gasteiger partial charge in [-0.15, -0.1) is 0 Å². The third-order valence-corrected chi connectivity index (χ3v) is 5.76. The van der Waals surface area contributed by atoms with E-state index in [1.54, 1.807) is 11.1 Å². The Kier molecular flexibility index (Phi) is 7.89. The highest BCUT2D eigenvalue weighted by Gasteiger charge is 2.18. The second kappa shape index (κ2) is 10.8. The number of carbonyl (C=O) groups is 2. The SMILES string of the molecule is CCCN(CC(=O)Nc1ccccc1C)C(=O)CSc1nccn1-c1cccc(C)c1. The molecule has 0 bridgehead atoms. The summed E-state index contributed by atoms with van der Waals surface area (Å²) >= 11 is 1.38. The summed E-state index contributed by atoms with van der Waals surface area (Å²) in [5, 5.41) is 3.65. The molecule has 7 heteroatoms. The highest BCUT2D eigenvalue weighted by atomic mass is 32.2. The highest BCUT2D eigenvalue weighted by molar-refractivity contribution is 7.99. The Labute approximate surface area is 187 Å². The first-order valence-corrected chi connectivity index (χ1v) is 11.3. The molecule has 162 valence electrons. The number of thioether (sulfide) groups is 1. The summed E-state index contributed by atoms with van der Waals surface area (Å²) in [7, 11) is 0. The lowest BCUT2D eigenvalue weighted by atomic mass is 10.2. The number of carbonyl (C=O) groups excluding carboxylic acids is 2. The Balaban J connectivity index is 1.62. The molecule has 2 aromatic carbocycles. The second-order valence-electron chi connectivity index (χ2n) is 7.39. The van der Waals surface area contributed by atoms with E-state index in [9.17, 15) is 9.59 Å². The number of hydrogen-bond acceptors (Lipinski definition) is 4. The molecule has 0 unspecified atom stereocenters. The van der Waals surface area contributed by atoms with Gasteiger partial charge in [0.15, 0.2) is 5.16 Å². The standard InChI is InChI=1S/C24H28N4O2S/c1-4-13-27(16-22(29)26-21-11-6-5-9-19(21)3)23(30)17-31-24-25-12-14-28(24)20-10-7-8-18(2)15-20/h5-12,14-15H,4,13,16-17H2,1-3H3,(H,26,29). The summed E-state index contributed by atoms with van der Waals surface area (Å²) in [5.41, 5.74) is 3.93. The summed E-state index contributed by atoms with van der Waals surface area (Å²) in [4.78, 5) is 31.4. The van der Waals surface area contributed by atoms with E-state index < -0.39 is 0 Å². The fourth-order valence-corrected chi connectivity index (χ4v) is 4.10. The Bertz CT molecular complexity index is 1050. The fourth-order valence-electron chi connectivity index (χ4n) is 3.23. The number of hydrogen-bond donors (Lipinski definition) is 1. The molecular weight excluding hydrogens is 408 g/mol. The van der Waals surface area contributed by atoms with Crippen LogP contribution in [0.25, 0.3) is 5.69 Å². The van der Waals surface area contributed by atoms with E-state index in [0.717, 1.165) is 34.1 Å². The molecule has 0 atom stereocenters. The molecule has 0 saturated carbocycles. The van der Waals surface area contributed by atoms with E-state index in [1.807, 2.05) is 74.0 Å². The minimum atomic E-state index is -0.192. The van der Waals surface area contributed by atoms with Crippen LogP contribution in [-0.2, 0) is 9.59 Å². The zero-order valence-corrected chi connectivity index (χ0v) is 19.0. The van der Waals surface area contributed by atoms with Crippen molar-refractivity contribution >= 4 is 29.3 Å². The van der Waals surface area contributed by atoms with Crippen molar-refractivity contribution < 1.29 is 9.59 Å². The van der Waals surface area contributed by atoms with E-state index in [1.165, 1.54) is 11.8 Å². The van der Waals surface area contributed by atoms with Crippen LogP contribution < -0.4 is 5.32 Å². The molecule has 6 nitrogen and oxygen atoms in total. The van der Waals surface area contributed by atoms with Gasteiger partial charge in [0.25, 0.3) is 0 Å². The molecule has 3 aromatic rings. The minimum absolute atomic E-state index is 0.0356. The Morgan fingerprint density at radius 3 is 2.68 bits per heavy atom. The van der Waals surface area contributed by atoms with Gasteiger partial charge in [0.05, 0.1) is 12.3 Å². The number of para-hydroxylation sites is 1. The molecule has 0 spiro atoms. The van der Waals surface area contributed by atoms with E-state index in [4.69, 9.17) is 0 Å². The largest absolute Gasteiger partial charge is 0.333 e. The van der Waals surface area contributed by atoms with Crippen LogP contribution in [0.1, 0.15) is 24.5 Å². The van der Waals surface area contributed by atoms with Gasteiger partial charge in [-0.2, -0.15) is 0 Å². The molecule has 3 rings (SSSR count). The zero-order valence-electron chi connectivity index (χ0n) is 18.2. The smallest absolute Gasteiger partial charge is 0.244 e. The van der Waals surface area contributed by atoms with Crippen LogP contribution in [0.2, 0.25) is 0 Å². The van der Waals surface area contributed by atoms with Crippen molar-refractivity contribution in [3.8, 4) is 5.69 Å². The molecular formula is C24H28N4O2S. The molecule has 0 aliphatic carbocycles. The number of anilines is 1. The van der Waals surface area contributed by atoms with Gasteiger partial charge in [0.2, 0.25) is 11.8 Å². The quantitative estimate of drug-likeness (QED) is 0.503. The third-order valence-electron chi connectivity index (χ3n) is 4.81. The van der Waals surface area contributed by atoms with Crippen LogP contribution in [0.15, 0.2) is 66.1 Å². The van der Waals surface area contributed by atoms with Gasteiger partial charge < -0.3 is 10.2 Å². The van der Waals surface area contributed by atoms with Crippen molar-refractivity contribution in [2.45, 2.75) is 32.3 Å². The average molecular weight is 437 g/mol. The maximum Gasteiger partial charge on any atom is 0.244 e. The van der Waals surface area contributed by atoms with E-state index in [2.05, 4.69) is 16.4 Å². The van der Waals surface area contributed by atoms with Crippen LogP contribution in [0, 0.1) is 13.8 Å². The number of nitrogens with zero attached hydrogens (tertiary/aromatic N) is 3. The highest BCUT2D eigenvalue weighted by Crippen LogP contribution is 2.21. The molecule has 31 heavy (non-hydrogen) atoms. The summed E-state index contributed by atoms with van der Waals surface area (Å²) < 4.78 is 1.97. The number of nitrogens with one attached hydrogen (secondary N) is 1. The van der Waals surface area contributed by atoms with Crippen LogP contribution >= 0.6 is 11.8 Å². The van der Waals surface area contributed by atoms with Crippen molar-refractivity contribution in [2.24, 2.45) is 0 Å². The summed E-state index contributed by atoms with van der Waals surface area (Å²) in [6.45, 7) is 6.55. The first kappa shape index (κ1) is 22.6. The van der Waals surface area contributed by atoms with E-state index >= 15 is 0 Å². The summed E-state index contributed by atoms with van der Waals surface area (Å²) in [5.74, 6) is -0.0477. The van der Waals surface area contributed by atoms with Gasteiger partial charge in [-0.3, -0.25) is 14.2 Å². The lowest BCUT2D eigenvalue weighted by Crippen LogP contribution is -2.39. The number of rotatable bonds is 9. The van der Waals surface area contributed by atoms with Gasteiger partial charge >= 0.3 is 0 Å². The topological polar surface area (TPSA) is 67.2 Å². The monoisotopic (exact) mass is 436 g/mol. The van der Waals surface area contributed by atoms with Crippen molar-refractivity contribution in [2.75, 3.05) is 24.2 Å². The predicted molar refractivity (Wildman–Crippen MR) is 126 cm³/mol. The van der Waals surface area contributed by atoms with Gasteiger partial charge in [0, 0.05) is 30.3 Å². The number of imidazole rings is 1. The average Bonchev–Trinajstić information content (AvgIpc) is 3.22. The summed E-state index contributed by atoms with van der Waals surface area (Å²) in [6, 6.07) is 15.7. The van der Waals surface area contributed by atoms with Crippen LogP contribution in [0.3, 0.4) is 0 Å². The molecule has 0 radical (unpaired) electrons. The van der Waals surface area contributed by atoms with Crippen LogP contribution in [0.5, 0.6) is 0 Å². The lowest BCUT2D eigenvalue weighted by molar-refractivity contribution is -0.132. The number of aryl methyl sites for hydroxylation is 2. The maximum absolute atomic E-state index is 12.9. The van der Waals surface area contributed by atoms with Gasteiger partial charge in [0.1, 0.15) is 0 Å². The Morgan fingerprint density at radius 2 is 1.94 bits per heavy atom. The molecule has 1 aromatic heterocycles. The Hall–Kier alpha value is -3.06. The maximum atomic E-state index is 12.9. The molecule has 0 aliphatic heterocycles. The molecule has 0 saturated heterocycles. The fraction of sp³-hybridized carbons (Fsp3) is 0.292. The zero-order chi connectivity index (χ0) is 22.2. The molecule has 0 fully saturated rings. The molecule has 1 N–H and O–H groups in total. The van der Waals surface area contributed by atoms with Gasteiger partial charge in [-0.1, -0.05) is 49.0 Å². The van der Waals surface area contributed by atoms with E-state index in [-0.39, 0.29) is 24.1 Å². The number of aromatic nitrogens is 2. The van der Waals surface area contributed by atoms with Crippen molar-refractivity contribution in [3.05, 3.63) is 72.1 Å². The van der Waals surface area contributed by atoms with Crippen molar-refractivity contribution in [1.29, 1.82) is 0 Å². The first-order valence-electron chi connectivity index (χ1n) is 10.3. The third kappa shape index (κ3) is 6.21. The second-order valence-corrected chi connectivity index (χ2v) is 8.33. The molecule has 0 aliphatic rings. The number of amides is 2. The van der Waals surface area contributed by atoms with E-state index in [0.29, 0.717) is 6.54 Å². The first-order chi connectivity index (χ1) is 15.0.